The number of hydrogen-bond acceptors (Lipinski definition) is 9. The van der Waals surface area contributed by atoms with Crippen molar-refractivity contribution in [1.29, 1.82) is 0 Å². The smallest absolute Gasteiger partial charge is 0.364 e. The van der Waals surface area contributed by atoms with Crippen molar-refractivity contribution in [1.82, 2.24) is 24.8 Å². The first-order valence-electron chi connectivity index (χ1n) is 7.89. The topological polar surface area (TPSA) is 171 Å². The van der Waals surface area contributed by atoms with E-state index in [1.54, 1.807) is 4.72 Å². The summed E-state index contributed by atoms with van der Waals surface area (Å²) in [6.45, 7) is -3.12. The molecule has 27 heavy (non-hydrogen) atoms. The molecule has 12 nitrogen and oxygen atoms in total. The average Bonchev–Trinajstić information content (AvgIpc) is 3.19. The van der Waals surface area contributed by atoms with Crippen LogP contribution in [0.15, 0.2) is 36.6 Å². The van der Waals surface area contributed by atoms with Crippen LogP contribution in [-0.4, -0.2) is 41.5 Å². The van der Waals surface area contributed by atoms with Gasteiger partial charge < -0.3 is 5.32 Å². The molecule has 0 amide bonds. The van der Waals surface area contributed by atoms with Crippen LogP contribution in [0.1, 0.15) is 2.74 Å². The van der Waals surface area contributed by atoms with Gasteiger partial charge in [-0.1, -0.05) is 5.16 Å². The Hall–Kier alpha value is -2.62. The van der Waals surface area contributed by atoms with Gasteiger partial charge in [0.15, 0.2) is 5.69 Å². The molecule has 3 aromatic rings. The number of nitrogens with one attached hydrogen (secondary N) is 2. The predicted molar refractivity (Wildman–Crippen MR) is 92.6 cm³/mol. The van der Waals surface area contributed by atoms with Crippen LogP contribution >= 0.6 is 15.9 Å². The SMILES string of the molecule is [2H]C([2H])(CNc1nonc1-c1noc(=O)n1-c1ccc(F)c(Br)c1)NS(N)(=O)=O. The van der Waals surface area contributed by atoms with Gasteiger partial charge in [-0.05, 0) is 44.4 Å². The summed E-state index contributed by atoms with van der Waals surface area (Å²) >= 11 is 3.01. The van der Waals surface area contributed by atoms with Crippen LogP contribution in [0.4, 0.5) is 10.2 Å². The van der Waals surface area contributed by atoms with Crippen LogP contribution < -0.4 is 20.9 Å². The predicted octanol–water partition coefficient (Wildman–Crippen LogP) is -0.0179. The maximum absolute atomic E-state index is 13.5. The van der Waals surface area contributed by atoms with E-state index in [-0.39, 0.29) is 27.5 Å². The molecule has 0 bridgehead atoms. The zero-order valence-corrected chi connectivity index (χ0v) is 15.4. The van der Waals surface area contributed by atoms with Crippen molar-refractivity contribution >= 4 is 32.0 Å². The van der Waals surface area contributed by atoms with E-state index in [1.807, 2.05) is 0 Å². The molecule has 0 unspecified atom stereocenters. The Kier molecular flexibility index (Phi) is 4.63. The molecular weight excluding hydrogens is 453 g/mol. The van der Waals surface area contributed by atoms with Crippen molar-refractivity contribution in [3.8, 4) is 17.2 Å². The fourth-order valence-electron chi connectivity index (χ4n) is 1.97. The van der Waals surface area contributed by atoms with E-state index in [1.165, 1.54) is 12.1 Å². The monoisotopic (exact) mass is 465 g/mol. The third kappa shape index (κ3) is 4.38. The number of nitrogens with two attached hydrogens (primary N) is 1. The lowest BCUT2D eigenvalue weighted by molar-refractivity contribution is 0.309. The molecule has 1 aromatic carbocycles. The molecule has 3 rings (SSSR count). The fourth-order valence-corrected chi connectivity index (χ4v) is 2.61. The van der Waals surface area contributed by atoms with Gasteiger partial charge in [-0.3, -0.25) is 4.52 Å². The van der Waals surface area contributed by atoms with Gasteiger partial charge in [-0.15, -0.1) is 0 Å². The second kappa shape index (κ2) is 7.55. The van der Waals surface area contributed by atoms with Gasteiger partial charge in [0, 0.05) is 15.8 Å². The first-order valence-corrected chi connectivity index (χ1v) is 9.23. The minimum absolute atomic E-state index is 0.0768. The summed E-state index contributed by atoms with van der Waals surface area (Å²) in [4.78, 5) is 12.1. The van der Waals surface area contributed by atoms with Crippen molar-refractivity contribution in [3.05, 3.63) is 39.0 Å². The summed E-state index contributed by atoms with van der Waals surface area (Å²) < 4.78 is 62.6. The Labute approximate surface area is 161 Å². The van der Waals surface area contributed by atoms with E-state index in [9.17, 15) is 17.6 Å². The van der Waals surface area contributed by atoms with Gasteiger partial charge in [0.25, 0.3) is 10.2 Å². The zero-order chi connectivity index (χ0) is 21.4. The maximum Gasteiger partial charge on any atom is 0.446 e. The molecule has 0 aliphatic heterocycles. The van der Waals surface area contributed by atoms with Crippen molar-refractivity contribution < 1.29 is 24.7 Å². The third-order valence-electron chi connectivity index (χ3n) is 3.02. The van der Waals surface area contributed by atoms with Gasteiger partial charge in [0.1, 0.15) is 5.82 Å². The lowest BCUT2D eigenvalue weighted by Gasteiger charge is -2.06. The molecule has 144 valence electrons. The van der Waals surface area contributed by atoms with Crippen LogP contribution in [0.5, 0.6) is 0 Å². The Morgan fingerprint density at radius 2 is 2.15 bits per heavy atom. The number of hydrogen-bond donors (Lipinski definition) is 3. The van der Waals surface area contributed by atoms with E-state index in [2.05, 4.69) is 45.9 Å². The Bertz CT molecular complexity index is 1210. The molecule has 15 heteroatoms. The molecule has 0 fully saturated rings. The minimum atomic E-state index is -4.31. The van der Waals surface area contributed by atoms with Gasteiger partial charge in [-0.2, -0.15) is 8.42 Å². The highest BCUT2D eigenvalue weighted by Crippen LogP contribution is 2.25. The molecule has 0 saturated carbocycles. The highest BCUT2D eigenvalue weighted by molar-refractivity contribution is 9.10. The number of aromatic nitrogens is 4. The van der Waals surface area contributed by atoms with Crippen LogP contribution in [0.25, 0.3) is 17.2 Å². The van der Waals surface area contributed by atoms with Crippen molar-refractivity contribution in [2.45, 2.75) is 0 Å². The van der Waals surface area contributed by atoms with E-state index in [0.717, 1.165) is 10.6 Å². The molecule has 4 N–H and O–H groups in total. The molecule has 0 radical (unpaired) electrons. The molecular formula is C12H11BrFN7O5S. The van der Waals surface area contributed by atoms with Gasteiger partial charge in [-0.25, -0.2) is 28.2 Å². The van der Waals surface area contributed by atoms with Crippen molar-refractivity contribution in [3.63, 3.8) is 0 Å². The third-order valence-corrected chi connectivity index (χ3v) is 4.06. The van der Waals surface area contributed by atoms with Gasteiger partial charge in [0.2, 0.25) is 11.6 Å². The molecule has 0 atom stereocenters. The first-order chi connectivity index (χ1) is 13.5. The standard InChI is InChI=1S/C12H11BrFN7O5S/c13-7-5-6(1-2-8(7)14)21-11(20-25-12(21)22)9-10(19-26-18-9)16-3-4-17-27(15,23)24/h1-2,5,17H,3-4H2,(H,16,19)(H2,15,23,24)/i4D2. The van der Waals surface area contributed by atoms with E-state index in [0.29, 0.717) is 0 Å². The van der Waals surface area contributed by atoms with E-state index >= 15 is 0 Å². The second-order valence-corrected chi connectivity index (χ2v) is 6.99. The van der Waals surface area contributed by atoms with E-state index in [4.69, 9.17) is 7.88 Å². The normalized spacial score (nSPS) is 13.3. The second-order valence-electron chi connectivity index (χ2n) is 4.84. The summed E-state index contributed by atoms with van der Waals surface area (Å²) in [5.74, 6) is -1.83. The number of benzene rings is 1. The minimum Gasteiger partial charge on any atom is -0.364 e. The van der Waals surface area contributed by atoms with Crippen molar-refractivity contribution in [2.24, 2.45) is 5.14 Å². The van der Waals surface area contributed by atoms with Crippen LogP contribution in [0.3, 0.4) is 0 Å². The van der Waals surface area contributed by atoms with Gasteiger partial charge in [0.05, 0.1) is 10.2 Å². The molecule has 0 spiro atoms. The molecule has 2 aromatic heterocycles. The lowest BCUT2D eigenvalue weighted by Crippen LogP contribution is -2.34. The molecule has 2 heterocycles. The summed E-state index contributed by atoms with van der Waals surface area (Å²) in [6.07, 6.45) is 0. The van der Waals surface area contributed by atoms with E-state index < -0.39 is 34.8 Å². The number of nitrogens with zero attached hydrogens (tertiary/aromatic N) is 4. The average molecular weight is 466 g/mol. The lowest BCUT2D eigenvalue weighted by atomic mass is 10.3. The Morgan fingerprint density at radius 3 is 2.85 bits per heavy atom. The van der Waals surface area contributed by atoms with Crippen LogP contribution in [0.2, 0.25) is 0 Å². The Morgan fingerprint density at radius 1 is 1.37 bits per heavy atom. The summed E-state index contributed by atoms with van der Waals surface area (Å²) in [5.41, 5.74) is 0.0300. The quantitative estimate of drug-likeness (QED) is 0.433. The fraction of sp³-hybridized carbons (Fsp3) is 0.167. The van der Waals surface area contributed by atoms with Crippen LogP contribution in [0, 0.1) is 5.82 Å². The molecule has 0 aliphatic rings. The van der Waals surface area contributed by atoms with Crippen LogP contribution in [-0.2, 0) is 10.2 Å². The summed E-state index contributed by atoms with van der Waals surface area (Å²) in [7, 11) is -4.31. The largest absolute Gasteiger partial charge is 0.446 e. The van der Waals surface area contributed by atoms with Crippen molar-refractivity contribution in [2.75, 3.05) is 18.4 Å². The molecule has 0 aliphatic carbocycles. The maximum atomic E-state index is 13.5. The first kappa shape index (κ1) is 16.5. The molecule has 0 saturated heterocycles. The summed E-state index contributed by atoms with van der Waals surface area (Å²) in [5, 5.41) is 17.9. The Balaban J connectivity index is 1.94. The summed E-state index contributed by atoms with van der Waals surface area (Å²) in [6, 6.07) is 3.69. The number of halogens is 2. The zero-order valence-electron chi connectivity index (χ0n) is 15.0. The highest BCUT2D eigenvalue weighted by atomic mass is 79.9. The highest BCUT2D eigenvalue weighted by Gasteiger charge is 2.23. The van der Waals surface area contributed by atoms with Gasteiger partial charge >= 0.3 is 5.76 Å². The number of rotatable bonds is 7. The number of anilines is 1.